The van der Waals surface area contributed by atoms with Gasteiger partial charge in [0.1, 0.15) is 0 Å². The fourth-order valence-electron chi connectivity index (χ4n) is 2.21. The number of carbonyl (C=O) groups is 3. The maximum atomic E-state index is 12.9. The average Bonchev–Trinajstić information content (AvgIpc) is 2.70. The molecular formula is C18H24I3N3O6. The number of anilines is 2. The first-order valence-electron chi connectivity index (χ1n) is 9.10. The fraction of sp³-hybridized carbons (Fsp3) is 0.500. The Morgan fingerprint density at radius 1 is 0.967 bits per heavy atom. The minimum atomic E-state index is -1.13. The predicted octanol–water partition coefficient (Wildman–Crippen LogP) is 2.03. The summed E-state index contributed by atoms with van der Waals surface area (Å²) < 4.78 is 1.53. The lowest BCUT2D eigenvalue weighted by Crippen LogP contribution is -2.38. The summed E-state index contributed by atoms with van der Waals surface area (Å²) in [4.78, 5) is 37.1. The second-order valence-electron chi connectivity index (χ2n) is 6.36. The van der Waals surface area contributed by atoms with Crippen molar-refractivity contribution < 1.29 is 29.7 Å². The molecule has 0 saturated heterocycles. The van der Waals surface area contributed by atoms with E-state index in [0.717, 1.165) is 0 Å². The molecule has 168 valence electrons. The van der Waals surface area contributed by atoms with Crippen LogP contribution in [-0.4, -0.2) is 58.4 Å². The predicted molar refractivity (Wildman–Crippen MR) is 138 cm³/mol. The number of amides is 3. The first-order chi connectivity index (χ1) is 14.0. The molecule has 0 fully saturated rings. The van der Waals surface area contributed by atoms with Crippen LogP contribution in [0.4, 0.5) is 11.4 Å². The Morgan fingerprint density at radius 3 is 1.97 bits per heavy atom. The molecule has 0 aliphatic rings. The van der Waals surface area contributed by atoms with E-state index in [1.54, 1.807) is 6.92 Å². The normalized spacial score (nSPS) is 12.8. The van der Waals surface area contributed by atoms with Crippen LogP contribution in [0, 0.1) is 10.7 Å². The summed E-state index contributed by atoms with van der Waals surface area (Å²) in [5, 5.41) is 36.2. The van der Waals surface area contributed by atoms with Crippen LogP contribution in [0.2, 0.25) is 0 Å². The van der Waals surface area contributed by atoms with Gasteiger partial charge >= 0.3 is 0 Å². The van der Waals surface area contributed by atoms with Crippen molar-refractivity contribution in [3.63, 3.8) is 0 Å². The van der Waals surface area contributed by atoms with Crippen molar-refractivity contribution >= 4 is 96.9 Å². The van der Waals surface area contributed by atoms with Crippen LogP contribution in [0.15, 0.2) is 0 Å². The van der Waals surface area contributed by atoms with Gasteiger partial charge in [0.15, 0.2) is 0 Å². The molecule has 1 rings (SSSR count). The molecule has 12 heteroatoms. The third-order valence-corrected chi connectivity index (χ3v) is 7.22. The van der Waals surface area contributed by atoms with Crippen LogP contribution < -0.4 is 16.0 Å². The zero-order valence-electron chi connectivity index (χ0n) is 16.4. The quantitative estimate of drug-likeness (QED) is 0.202. The lowest BCUT2D eigenvalue weighted by atomic mass is 10.1. The average molecular weight is 759 g/mol. The Balaban J connectivity index is 3.41. The van der Waals surface area contributed by atoms with Crippen molar-refractivity contribution in [2.45, 2.75) is 45.3 Å². The van der Waals surface area contributed by atoms with Gasteiger partial charge in [-0.05, 0) is 81.1 Å². The molecule has 0 aromatic heterocycles. The first kappa shape index (κ1) is 27.7. The summed E-state index contributed by atoms with van der Waals surface area (Å²) in [6, 6.07) is 0. The summed E-state index contributed by atoms with van der Waals surface area (Å²) in [5.41, 5.74) is 1.02. The van der Waals surface area contributed by atoms with Gasteiger partial charge in [-0.3, -0.25) is 14.4 Å². The number of halogens is 3. The molecule has 2 unspecified atom stereocenters. The van der Waals surface area contributed by atoms with Crippen LogP contribution in [-0.2, 0) is 9.59 Å². The molecule has 0 aliphatic heterocycles. The molecule has 3 amide bonds. The lowest BCUT2D eigenvalue weighted by molar-refractivity contribution is -0.117. The monoisotopic (exact) mass is 759 g/mol. The molecule has 0 bridgehead atoms. The zero-order valence-corrected chi connectivity index (χ0v) is 22.9. The molecule has 30 heavy (non-hydrogen) atoms. The summed E-state index contributed by atoms with van der Waals surface area (Å²) in [6.45, 7) is 2.83. The Hall–Kier alpha value is -0.300. The van der Waals surface area contributed by atoms with Gasteiger partial charge in [0.05, 0.1) is 39.9 Å². The van der Waals surface area contributed by atoms with Crippen LogP contribution in [0.25, 0.3) is 0 Å². The fourth-order valence-corrected chi connectivity index (χ4v) is 6.40. The molecule has 0 radical (unpaired) electrons. The maximum absolute atomic E-state index is 12.9. The van der Waals surface area contributed by atoms with Gasteiger partial charge in [0, 0.05) is 26.0 Å². The van der Waals surface area contributed by atoms with Crippen molar-refractivity contribution in [1.82, 2.24) is 5.32 Å². The number of hydrogen-bond acceptors (Lipinski definition) is 6. The number of hydrogen-bond donors (Lipinski definition) is 6. The Kier molecular flexibility index (Phi) is 12.3. The van der Waals surface area contributed by atoms with E-state index in [1.807, 2.05) is 67.8 Å². The standard InChI is InChI=1S/C18H24I3N3O6/c1-3-10(28)23-16-13(19)12(18(30)22-7-9(27)8(2)26)14(20)17(15(16)21)24-11(29)5-4-6-25/h8-9,25-27H,3-7H2,1-2H3,(H,22,30)(H,23,28)(H,24,29). The van der Waals surface area contributed by atoms with Crippen molar-refractivity contribution in [3.8, 4) is 0 Å². The van der Waals surface area contributed by atoms with E-state index in [4.69, 9.17) is 5.11 Å². The topological polar surface area (TPSA) is 148 Å². The molecule has 0 heterocycles. The second kappa shape index (κ2) is 13.3. The zero-order chi connectivity index (χ0) is 23.0. The Bertz CT molecular complexity index is 804. The van der Waals surface area contributed by atoms with Gasteiger partial charge < -0.3 is 31.3 Å². The third-order valence-electron chi connectivity index (χ3n) is 3.98. The lowest BCUT2D eigenvalue weighted by Gasteiger charge is -2.21. The van der Waals surface area contributed by atoms with Crippen molar-refractivity contribution in [2.75, 3.05) is 23.8 Å². The maximum Gasteiger partial charge on any atom is 0.253 e. The second-order valence-corrected chi connectivity index (χ2v) is 9.60. The number of rotatable bonds is 10. The number of aliphatic hydroxyl groups is 3. The van der Waals surface area contributed by atoms with E-state index in [0.29, 0.717) is 28.5 Å². The van der Waals surface area contributed by atoms with Crippen LogP contribution in [0.3, 0.4) is 0 Å². The molecule has 1 aromatic carbocycles. The summed E-state index contributed by atoms with van der Waals surface area (Å²) in [5.74, 6) is -1.09. The van der Waals surface area contributed by atoms with Crippen molar-refractivity contribution in [2.24, 2.45) is 0 Å². The summed E-state index contributed by atoms with van der Waals surface area (Å²) in [7, 11) is 0. The van der Waals surface area contributed by atoms with Gasteiger partial charge in [0.2, 0.25) is 11.8 Å². The van der Waals surface area contributed by atoms with E-state index in [2.05, 4.69) is 16.0 Å². The number of aliphatic hydroxyl groups excluding tert-OH is 3. The van der Waals surface area contributed by atoms with Gasteiger partial charge in [-0.15, -0.1) is 0 Å². The number of benzene rings is 1. The van der Waals surface area contributed by atoms with E-state index >= 15 is 0 Å². The molecular weight excluding hydrogens is 735 g/mol. The molecule has 0 spiro atoms. The highest BCUT2D eigenvalue weighted by Crippen LogP contribution is 2.39. The van der Waals surface area contributed by atoms with Crippen molar-refractivity contribution in [1.29, 1.82) is 0 Å². The first-order valence-corrected chi connectivity index (χ1v) is 12.3. The minimum absolute atomic E-state index is 0.105. The summed E-state index contributed by atoms with van der Waals surface area (Å²) in [6.07, 6.45) is -1.51. The van der Waals surface area contributed by atoms with Gasteiger partial charge in [-0.25, -0.2) is 0 Å². The van der Waals surface area contributed by atoms with Crippen LogP contribution in [0.1, 0.15) is 43.5 Å². The Labute approximate surface area is 215 Å². The van der Waals surface area contributed by atoms with E-state index in [1.165, 1.54) is 6.92 Å². The van der Waals surface area contributed by atoms with Crippen LogP contribution in [0.5, 0.6) is 0 Å². The molecule has 6 N–H and O–H groups in total. The highest BCUT2D eigenvalue weighted by atomic mass is 127. The van der Waals surface area contributed by atoms with Crippen LogP contribution >= 0.6 is 67.8 Å². The smallest absolute Gasteiger partial charge is 0.253 e. The van der Waals surface area contributed by atoms with E-state index in [-0.39, 0.29) is 43.4 Å². The largest absolute Gasteiger partial charge is 0.396 e. The van der Waals surface area contributed by atoms with Gasteiger partial charge in [-0.2, -0.15) is 0 Å². The minimum Gasteiger partial charge on any atom is -0.396 e. The Morgan fingerprint density at radius 2 is 1.50 bits per heavy atom. The third kappa shape index (κ3) is 7.68. The van der Waals surface area contributed by atoms with E-state index in [9.17, 15) is 24.6 Å². The highest BCUT2D eigenvalue weighted by Gasteiger charge is 2.26. The number of nitrogens with one attached hydrogen (secondary N) is 3. The highest BCUT2D eigenvalue weighted by molar-refractivity contribution is 14.1. The number of carbonyl (C=O) groups excluding carboxylic acids is 3. The van der Waals surface area contributed by atoms with Gasteiger partial charge in [0.25, 0.3) is 5.91 Å². The SMILES string of the molecule is CCC(=O)Nc1c(I)c(NC(=O)CCCO)c(I)c(C(=O)NCC(O)C(C)O)c1I. The molecule has 1 aromatic rings. The van der Waals surface area contributed by atoms with Crippen molar-refractivity contribution in [3.05, 3.63) is 16.3 Å². The van der Waals surface area contributed by atoms with E-state index < -0.39 is 18.1 Å². The summed E-state index contributed by atoms with van der Waals surface area (Å²) >= 11 is 5.91. The molecule has 9 nitrogen and oxygen atoms in total. The molecule has 2 atom stereocenters. The molecule has 0 saturated carbocycles. The molecule has 0 aliphatic carbocycles. The van der Waals surface area contributed by atoms with Gasteiger partial charge in [-0.1, -0.05) is 6.92 Å².